The predicted octanol–water partition coefficient (Wildman–Crippen LogP) is 1.54. The first kappa shape index (κ1) is 16.4. The van der Waals surface area contributed by atoms with Crippen molar-refractivity contribution in [2.45, 2.75) is 43.5 Å². The van der Waals surface area contributed by atoms with Crippen LogP contribution in [0.5, 0.6) is 0 Å². The van der Waals surface area contributed by atoms with E-state index < -0.39 is 10.0 Å². The molecule has 4 N–H and O–H groups in total. The van der Waals surface area contributed by atoms with Crippen LogP contribution in [0.15, 0.2) is 29.2 Å². The van der Waals surface area contributed by atoms with Crippen molar-refractivity contribution in [1.29, 1.82) is 0 Å². The average molecular weight is 312 g/mol. The molecule has 0 radical (unpaired) electrons. The van der Waals surface area contributed by atoms with Gasteiger partial charge in [-0.15, -0.1) is 0 Å². The van der Waals surface area contributed by atoms with Crippen LogP contribution in [0.25, 0.3) is 0 Å². The third kappa shape index (κ3) is 4.03. The number of nitrogens with two attached hydrogens (primary N) is 1. The molecular weight excluding hydrogens is 288 g/mol. The maximum Gasteiger partial charge on any atom is 0.238 e. The summed E-state index contributed by atoms with van der Waals surface area (Å²) in [5.74, 6) is 0. The van der Waals surface area contributed by atoms with Crippen LogP contribution in [0, 0.1) is 5.41 Å². The molecule has 2 rings (SSSR count). The zero-order valence-electron chi connectivity index (χ0n) is 12.4. The number of aliphatic hydroxyl groups excluding tert-OH is 1. The number of nitrogens with one attached hydrogen (secondary N) is 1. The fraction of sp³-hybridized carbons (Fsp3) is 0.600. The number of benzene rings is 1. The third-order valence-corrected chi connectivity index (χ3v) is 5.42. The Labute approximate surface area is 126 Å². The van der Waals surface area contributed by atoms with Crippen molar-refractivity contribution in [2.75, 3.05) is 13.2 Å². The minimum atomic E-state index is -3.64. The molecule has 1 fully saturated rings. The van der Waals surface area contributed by atoms with E-state index in [1.807, 2.05) is 6.92 Å². The van der Waals surface area contributed by atoms with Crippen LogP contribution in [-0.2, 0) is 10.0 Å². The van der Waals surface area contributed by atoms with Crippen molar-refractivity contribution < 1.29 is 13.5 Å². The molecule has 0 spiro atoms. The molecular formula is C15H24N2O3S. The lowest BCUT2D eigenvalue weighted by atomic mass is 9.87. The quantitative estimate of drug-likeness (QED) is 0.743. The molecule has 5 nitrogen and oxygen atoms in total. The van der Waals surface area contributed by atoms with Crippen LogP contribution in [0.3, 0.4) is 0 Å². The zero-order chi connectivity index (χ0) is 15.5. The fourth-order valence-corrected chi connectivity index (χ4v) is 3.46. The number of aliphatic hydroxyl groups is 1. The Balaban J connectivity index is 1.98. The van der Waals surface area contributed by atoms with E-state index in [-0.39, 0.29) is 23.0 Å². The van der Waals surface area contributed by atoms with E-state index >= 15 is 0 Å². The van der Waals surface area contributed by atoms with Gasteiger partial charge in [0.15, 0.2) is 0 Å². The monoisotopic (exact) mass is 312 g/mol. The van der Waals surface area contributed by atoms with Gasteiger partial charge in [-0.2, -0.15) is 0 Å². The summed E-state index contributed by atoms with van der Waals surface area (Å²) in [6.45, 7) is 3.03. The van der Waals surface area contributed by atoms with E-state index in [0.29, 0.717) is 0 Å². The van der Waals surface area contributed by atoms with Crippen molar-refractivity contribution in [3.05, 3.63) is 29.8 Å². The molecule has 0 saturated heterocycles. The second-order valence-electron chi connectivity index (χ2n) is 6.08. The Bertz CT molecular complexity index is 563. The lowest BCUT2D eigenvalue weighted by molar-refractivity contribution is 0.125. The summed E-state index contributed by atoms with van der Waals surface area (Å²) < 4.78 is 22.5. The summed E-state index contributed by atoms with van der Waals surface area (Å²) in [5.41, 5.74) is 1.02. The van der Waals surface area contributed by atoms with Gasteiger partial charge in [0.1, 0.15) is 0 Å². The van der Waals surface area contributed by atoms with Crippen LogP contribution >= 0.6 is 0 Å². The predicted molar refractivity (Wildman–Crippen MR) is 82.2 cm³/mol. The molecule has 1 aliphatic carbocycles. The summed E-state index contributed by atoms with van der Waals surface area (Å²) in [4.78, 5) is 0.126. The number of primary sulfonamides is 1. The zero-order valence-corrected chi connectivity index (χ0v) is 13.2. The van der Waals surface area contributed by atoms with Gasteiger partial charge in [0, 0.05) is 24.6 Å². The van der Waals surface area contributed by atoms with Gasteiger partial charge in [-0.05, 0) is 37.5 Å². The average Bonchev–Trinajstić information content (AvgIpc) is 2.93. The summed E-state index contributed by atoms with van der Waals surface area (Å²) in [6.07, 6.45) is 4.49. The number of sulfonamides is 1. The second kappa shape index (κ2) is 6.44. The van der Waals surface area contributed by atoms with Crippen molar-refractivity contribution in [2.24, 2.45) is 10.6 Å². The SMILES string of the molecule is CC(NCC1(CO)CCCC1)c1ccc(S(N)(=O)=O)cc1. The molecule has 1 aromatic carbocycles. The third-order valence-electron chi connectivity index (χ3n) is 4.49. The topological polar surface area (TPSA) is 92.4 Å². The highest BCUT2D eigenvalue weighted by molar-refractivity contribution is 7.89. The van der Waals surface area contributed by atoms with Gasteiger partial charge in [-0.1, -0.05) is 25.0 Å². The molecule has 21 heavy (non-hydrogen) atoms. The highest BCUT2D eigenvalue weighted by Crippen LogP contribution is 2.37. The number of rotatable bonds is 6. The Kier molecular flexibility index (Phi) is 5.03. The lowest BCUT2D eigenvalue weighted by Crippen LogP contribution is -2.36. The van der Waals surface area contributed by atoms with Crippen LogP contribution in [0.1, 0.15) is 44.2 Å². The number of hydrogen-bond acceptors (Lipinski definition) is 4. The molecule has 1 aliphatic rings. The van der Waals surface area contributed by atoms with Crippen molar-refractivity contribution >= 4 is 10.0 Å². The van der Waals surface area contributed by atoms with Gasteiger partial charge in [-0.25, -0.2) is 13.6 Å². The van der Waals surface area contributed by atoms with Gasteiger partial charge in [0.05, 0.1) is 4.90 Å². The van der Waals surface area contributed by atoms with Crippen molar-refractivity contribution in [3.8, 4) is 0 Å². The molecule has 1 saturated carbocycles. The standard InChI is InChI=1S/C15H24N2O3S/c1-12(17-10-15(11-18)8-2-3-9-15)13-4-6-14(7-5-13)21(16,19)20/h4-7,12,17-18H,2-3,8-11H2,1H3,(H2,16,19,20). The molecule has 0 aromatic heterocycles. The van der Waals surface area contributed by atoms with Crippen LogP contribution in [0.2, 0.25) is 0 Å². The normalized spacial score (nSPS) is 19.6. The highest BCUT2D eigenvalue weighted by Gasteiger charge is 2.33. The first-order valence-corrected chi connectivity index (χ1v) is 8.88. The van der Waals surface area contributed by atoms with E-state index in [1.54, 1.807) is 12.1 Å². The highest BCUT2D eigenvalue weighted by atomic mass is 32.2. The fourth-order valence-electron chi connectivity index (χ4n) is 2.95. The van der Waals surface area contributed by atoms with Gasteiger partial charge in [-0.3, -0.25) is 0 Å². The minimum Gasteiger partial charge on any atom is -0.396 e. The molecule has 0 bridgehead atoms. The summed E-state index contributed by atoms with van der Waals surface area (Å²) in [6, 6.07) is 6.71. The molecule has 118 valence electrons. The van der Waals surface area contributed by atoms with E-state index in [9.17, 15) is 13.5 Å². The van der Waals surface area contributed by atoms with Crippen LogP contribution < -0.4 is 10.5 Å². The Hall–Kier alpha value is -0.950. The number of hydrogen-bond donors (Lipinski definition) is 3. The van der Waals surface area contributed by atoms with E-state index in [2.05, 4.69) is 5.32 Å². The van der Waals surface area contributed by atoms with Gasteiger partial charge in [0.2, 0.25) is 10.0 Å². The maximum atomic E-state index is 11.2. The molecule has 1 aromatic rings. The van der Waals surface area contributed by atoms with Gasteiger partial charge < -0.3 is 10.4 Å². The van der Waals surface area contributed by atoms with Gasteiger partial charge in [0.25, 0.3) is 0 Å². The van der Waals surface area contributed by atoms with Crippen LogP contribution in [0.4, 0.5) is 0 Å². The Morgan fingerprint density at radius 2 is 1.86 bits per heavy atom. The summed E-state index contributed by atoms with van der Waals surface area (Å²) in [5, 5.41) is 18.1. The lowest BCUT2D eigenvalue weighted by Gasteiger charge is -2.29. The Morgan fingerprint density at radius 1 is 1.29 bits per heavy atom. The first-order chi connectivity index (χ1) is 9.86. The molecule has 1 unspecified atom stereocenters. The summed E-state index contributed by atoms with van der Waals surface area (Å²) in [7, 11) is -3.64. The maximum absolute atomic E-state index is 11.2. The van der Waals surface area contributed by atoms with Crippen molar-refractivity contribution in [3.63, 3.8) is 0 Å². The first-order valence-electron chi connectivity index (χ1n) is 7.33. The Morgan fingerprint density at radius 3 is 2.33 bits per heavy atom. The molecule has 1 atom stereocenters. The molecule has 0 heterocycles. The second-order valence-corrected chi connectivity index (χ2v) is 7.64. The van der Waals surface area contributed by atoms with E-state index in [1.165, 1.54) is 25.0 Å². The minimum absolute atomic E-state index is 0.00873. The van der Waals surface area contributed by atoms with Crippen LogP contribution in [-0.4, -0.2) is 26.7 Å². The molecule has 6 heteroatoms. The van der Waals surface area contributed by atoms with Crippen molar-refractivity contribution in [1.82, 2.24) is 5.32 Å². The molecule has 0 amide bonds. The largest absolute Gasteiger partial charge is 0.396 e. The van der Waals surface area contributed by atoms with E-state index in [4.69, 9.17) is 5.14 Å². The van der Waals surface area contributed by atoms with Gasteiger partial charge >= 0.3 is 0 Å². The molecule has 0 aliphatic heterocycles. The smallest absolute Gasteiger partial charge is 0.238 e. The summed E-state index contributed by atoms with van der Waals surface area (Å²) >= 11 is 0. The van der Waals surface area contributed by atoms with E-state index in [0.717, 1.165) is 24.9 Å².